The smallest absolute Gasteiger partial charge is 0.137 e. The van der Waals surface area contributed by atoms with Gasteiger partial charge in [0.05, 0.1) is 0 Å². The van der Waals surface area contributed by atoms with Crippen LogP contribution in [0.5, 0.6) is 0 Å². The summed E-state index contributed by atoms with van der Waals surface area (Å²) in [4.78, 5) is 4.16. The minimum atomic E-state index is 0.291. The quantitative estimate of drug-likeness (QED) is 0.750. The topological polar surface area (TPSA) is 41.6 Å². The van der Waals surface area contributed by atoms with E-state index in [1.807, 2.05) is 0 Å². The lowest BCUT2D eigenvalue weighted by Gasteiger charge is -2.28. The van der Waals surface area contributed by atoms with Crippen molar-refractivity contribution < 1.29 is 0 Å². The number of aromatic nitrogens is 3. The van der Waals surface area contributed by atoms with E-state index in [0.717, 1.165) is 12.2 Å². The van der Waals surface area contributed by atoms with E-state index in [1.54, 1.807) is 6.33 Å². The van der Waals surface area contributed by atoms with Gasteiger partial charge in [0.25, 0.3) is 0 Å². The first-order valence-electron chi connectivity index (χ1n) is 4.43. The Balaban J connectivity index is 2.78. The third kappa shape index (κ3) is 1.65. The van der Waals surface area contributed by atoms with Crippen LogP contribution in [0.3, 0.4) is 0 Å². The first-order chi connectivity index (χ1) is 5.58. The monoisotopic (exact) mass is 167 g/mol. The summed E-state index contributed by atoms with van der Waals surface area (Å²) >= 11 is 0. The molecular weight excluding hydrogens is 150 g/mol. The third-order valence-corrected chi connectivity index (χ3v) is 2.93. The molecule has 0 fully saturated rings. The molecule has 12 heavy (non-hydrogen) atoms. The van der Waals surface area contributed by atoms with Crippen molar-refractivity contribution in [2.45, 2.75) is 40.0 Å². The Kier molecular flexibility index (Phi) is 2.50. The van der Waals surface area contributed by atoms with Crippen molar-refractivity contribution in [3.8, 4) is 0 Å². The fourth-order valence-corrected chi connectivity index (χ4v) is 1.10. The molecular formula is C9H17N3. The molecule has 1 aromatic heterocycles. The predicted octanol–water partition coefficient (Wildman–Crippen LogP) is 2.34. The highest BCUT2D eigenvalue weighted by Crippen LogP contribution is 2.35. The van der Waals surface area contributed by atoms with E-state index >= 15 is 0 Å². The lowest BCUT2D eigenvalue weighted by Crippen LogP contribution is -2.19. The van der Waals surface area contributed by atoms with Crippen molar-refractivity contribution in [1.29, 1.82) is 0 Å². The molecule has 0 aromatic carbocycles. The predicted molar refractivity (Wildman–Crippen MR) is 48.9 cm³/mol. The zero-order valence-corrected chi connectivity index (χ0v) is 8.26. The Hall–Kier alpha value is -0.860. The Labute approximate surface area is 73.6 Å². The number of nitrogens with one attached hydrogen (secondary N) is 1. The highest BCUT2D eigenvalue weighted by molar-refractivity contribution is 4.97. The van der Waals surface area contributed by atoms with E-state index in [9.17, 15) is 0 Å². The maximum Gasteiger partial charge on any atom is 0.137 e. The number of H-pyrrole nitrogens is 1. The maximum atomic E-state index is 4.16. The molecule has 1 atom stereocenters. The zero-order chi connectivity index (χ0) is 9.19. The highest BCUT2D eigenvalue weighted by Gasteiger charge is 2.26. The molecule has 68 valence electrons. The van der Waals surface area contributed by atoms with Crippen molar-refractivity contribution in [3.63, 3.8) is 0 Å². The van der Waals surface area contributed by atoms with E-state index < -0.39 is 0 Å². The van der Waals surface area contributed by atoms with Gasteiger partial charge in [-0.15, -0.1) is 0 Å². The molecule has 0 spiro atoms. The Morgan fingerprint density at radius 1 is 1.58 bits per heavy atom. The summed E-state index contributed by atoms with van der Waals surface area (Å²) in [6.07, 6.45) is 2.71. The molecule has 0 saturated carbocycles. The van der Waals surface area contributed by atoms with Gasteiger partial charge in [-0.05, 0) is 5.41 Å². The van der Waals surface area contributed by atoms with Crippen LogP contribution in [0.15, 0.2) is 6.33 Å². The number of rotatable bonds is 3. The minimum Gasteiger partial charge on any atom is -0.263 e. The van der Waals surface area contributed by atoms with E-state index in [4.69, 9.17) is 0 Å². The normalized spacial score (nSPS) is 14.7. The molecule has 1 N–H and O–H groups in total. The lowest BCUT2D eigenvalue weighted by molar-refractivity contribution is 0.280. The Bertz CT molecular complexity index is 226. The second kappa shape index (κ2) is 3.25. The fraction of sp³-hybridized carbons (Fsp3) is 0.778. The van der Waals surface area contributed by atoms with Crippen molar-refractivity contribution in [1.82, 2.24) is 15.2 Å². The van der Waals surface area contributed by atoms with Crippen LogP contribution in [-0.4, -0.2) is 15.2 Å². The van der Waals surface area contributed by atoms with Gasteiger partial charge in [-0.3, -0.25) is 5.10 Å². The molecule has 0 saturated heterocycles. The van der Waals surface area contributed by atoms with Crippen molar-refractivity contribution in [3.05, 3.63) is 12.2 Å². The number of nitrogens with zero attached hydrogens (tertiary/aromatic N) is 2. The van der Waals surface area contributed by atoms with E-state index in [1.165, 1.54) is 0 Å². The molecule has 0 aliphatic carbocycles. The lowest BCUT2D eigenvalue weighted by atomic mass is 9.77. The average molecular weight is 167 g/mol. The third-order valence-electron chi connectivity index (χ3n) is 2.93. The van der Waals surface area contributed by atoms with Gasteiger partial charge >= 0.3 is 0 Å². The average Bonchev–Trinajstić information content (AvgIpc) is 2.55. The summed E-state index contributed by atoms with van der Waals surface area (Å²) in [6.45, 7) is 8.89. The molecule has 1 rings (SSSR count). The van der Waals surface area contributed by atoms with Gasteiger partial charge in [0.1, 0.15) is 12.2 Å². The maximum absolute atomic E-state index is 4.16. The zero-order valence-electron chi connectivity index (χ0n) is 8.26. The molecule has 1 heterocycles. The van der Waals surface area contributed by atoms with Crippen LogP contribution in [-0.2, 0) is 0 Å². The van der Waals surface area contributed by atoms with Crippen LogP contribution >= 0.6 is 0 Å². The molecule has 3 nitrogen and oxygen atoms in total. The van der Waals surface area contributed by atoms with Gasteiger partial charge in [-0.25, -0.2) is 4.98 Å². The van der Waals surface area contributed by atoms with E-state index in [-0.39, 0.29) is 0 Å². The van der Waals surface area contributed by atoms with Crippen LogP contribution in [0.25, 0.3) is 0 Å². The van der Waals surface area contributed by atoms with Gasteiger partial charge in [0.2, 0.25) is 0 Å². The van der Waals surface area contributed by atoms with Crippen LogP contribution in [0.2, 0.25) is 0 Å². The summed E-state index contributed by atoms with van der Waals surface area (Å²) in [6, 6.07) is 0. The molecule has 1 aromatic rings. The molecule has 0 aliphatic heterocycles. The van der Waals surface area contributed by atoms with Gasteiger partial charge in [0, 0.05) is 5.92 Å². The molecule has 3 heteroatoms. The van der Waals surface area contributed by atoms with Gasteiger partial charge < -0.3 is 0 Å². The first-order valence-corrected chi connectivity index (χ1v) is 4.43. The molecule has 0 bridgehead atoms. The van der Waals surface area contributed by atoms with Crippen molar-refractivity contribution in [2.24, 2.45) is 5.41 Å². The second-order valence-electron chi connectivity index (χ2n) is 3.93. The van der Waals surface area contributed by atoms with Crippen LogP contribution in [0.4, 0.5) is 0 Å². The SMILES string of the molecule is CCC(C)(C)[C@@H](C)c1ncn[nH]1. The van der Waals surface area contributed by atoms with E-state index in [0.29, 0.717) is 11.3 Å². The Morgan fingerprint density at radius 3 is 2.67 bits per heavy atom. The summed E-state index contributed by atoms with van der Waals surface area (Å²) in [7, 11) is 0. The van der Waals surface area contributed by atoms with Crippen LogP contribution in [0.1, 0.15) is 45.9 Å². The standard InChI is InChI=1S/C9H17N3/c1-5-9(3,4)7(2)8-10-6-11-12-8/h6-7H,5H2,1-4H3,(H,10,11,12)/t7-/m0/s1. The summed E-state index contributed by atoms with van der Waals surface area (Å²) < 4.78 is 0. The first kappa shape index (κ1) is 9.23. The number of hydrogen-bond donors (Lipinski definition) is 1. The minimum absolute atomic E-state index is 0.291. The van der Waals surface area contributed by atoms with Crippen LogP contribution in [0, 0.1) is 5.41 Å². The number of aromatic amines is 1. The largest absolute Gasteiger partial charge is 0.263 e. The fourth-order valence-electron chi connectivity index (χ4n) is 1.10. The summed E-state index contributed by atoms with van der Waals surface area (Å²) in [5, 5.41) is 6.77. The second-order valence-corrected chi connectivity index (χ2v) is 3.93. The molecule has 0 aliphatic rings. The molecule has 0 radical (unpaired) electrons. The summed E-state index contributed by atoms with van der Waals surface area (Å²) in [5.41, 5.74) is 0.291. The van der Waals surface area contributed by atoms with Gasteiger partial charge in [-0.1, -0.05) is 34.1 Å². The van der Waals surface area contributed by atoms with Gasteiger partial charge in [0.15, 0.2) is 0 Å². The Morgan fingerprint density at radius 2 is 2.25 bits per heavy atom. The molecule has 0 unspecified atom stereocenters. The highest BCUT2D eigenvalue weighted by atomic mass is 15.2. The summed E-state index contributed by atoms with van der Waals surface area (Å²) in [5.74, 6) is 1.42. The van der Waals surface area contributed by atoms with E-state index in [2.05, 4.69) is 42.9 Å². The van der Waals surface area contributed by atoms with Crippen molar-refractivity contribution in [2.75, 3.05) is 0 Å². The van der Waals surface area contributed by atoms with Gasteiger partial charge in [-0.2, -0.15) is 5.10 Å². The number of hydrogen-bond acceptors (Lipinski definition) is 2. The van der Waals surface area contributed by atoms with Crippen LogP contribution < -0.4 is 0 Å². The van der Waals surface area contributed by atoms with Crippen molar-refractivity contribution >= 4 is 0 Å². The molecule has 0 amide bonds.